The molecule has 0 amide bonds. The normalized spacial score (nSPS) is 17.9. The van der Waals surface area contributed by atoms with E-state index in [4.69, 9.17) is 11.6 Å². The third kappa shape index (κ3) is 3.16. The summed E-state index contributed by atoms with van der Waals surface area (Å²) in [6.07, 6.45) is 6.75. The van der Waals surface area contributed by atoms with E-state index in [2.05, 4.69) is 22.1 Å². The van der Waals surface area contributed by atoms with Gasteiger partial charge in [0.05, 0.1) is 5.69 Å². The van der Waals surface area contributed by atoms with Gasteiger partial charge in [0, 0.05) is 12.6 Å². The number of halogens is 1. The fraction of sp³-hybridized carbons (Fsp3) is 0.667. The zero-order valence-corrected chi connectivity index (χ0v) is 10.5. The lowest BCUT2D eigenvalue weighted by atomic mass is 9.94. The number of aromatic nitrogens is 2. The molecule has 1 fully saturated rings. The molecule has 3 nitrogen and oxygen atoms in total. The van der Waals surface area contributed by atoms with Gasteiger partial charge in [-0.15, -0.1) is 5.10 Å². The molecule has 0 unspecified atom stereocenters. The number of rotatable bonds is 3. The van der Waals surface area contributed by atoms with E-state index in [1.54, 1.807) is 6.07 Å². The van der Waals surface area contributed by atoms with Crippen molar-refractivity contribution in [3.05, 3.63) is 23.0 Å². The maximum absolute atomic E-state index is 5.71. The fourth-order valence-corrected chi connectivity index (χ4v) is 2.44. The molecule has 0 spiro atoms. The lowest BCUT2D eigenvalue weighted by molar-refractivity contribution is 0.182. The zero-order chi connectivity index (χ0) is 11.4. The molecule has 0 N–H and O–H groups in total. The molecular formula is C12H18ClN3. The van der Waals surface area contributed by atoms with E-state index in [9.17, 15) is 0 Å². The molecule has 88 valence electrons. The van der Waals surface area contributed by atoms with E-state index in [1.165, 1.54) is 32.1 Å². The average Bonchev–Trinajstić information content (AvgIpc) is 2.33. The highest BCUT2D eigenvalue weighted by Crippen LogP contribution is 2.22. The van der Waals surface area contributed by atoms with Crippen molar-refractivity contribution in [3.8, 4) is 0 Å². The highest BCUT2D eigenvalue weighted by Gasteiger charge is 2.18. The molecule has 1 aliphatic carbocycles. The van der Waals surface area contributed by atoms with Crippen molar-refractivity contribution in [1.29, 1.82) is 0 Å². The maximum atomic E-state index is 5.71. The van der Waals surface area contributed by atoms with Crippen molar-refractivity contribution < 1.29 is 0 Å². The van der Waals surface area contributed by atoms with Crippen molar-refractivity contribution >= 4 is 11.6 Å². The van der Waals surface area contributed by atoms with Crippen LogP contribution in [0.1, 0.15) is 37.8 Å². The second kappa shape index (κ2) is 5.60. The van der Waals surface area contributed by atoms with Crippen molar-refractivity contribution in [3.63, 3.8) is 0 Å². The summed E-state index contributed by atoms with van der Waals surface area (Å²) in [5.41, 5.74) is 0.998. The summed E-state index contributed by atoms with van der Waals surface area (Å²) >= 11 is 5.71. The second-order valence-corrected chi connectivity index (χ2v) is 4.94. The molecule has 4 heteroatoms. The Morgan fingerprint density at radius 2 is 2.00 bits per heavy atom. The molecule has 1 aliphatic rings. The van der Waals surface area contributed by atoms with Gasteiger partial charge >= 0.3 is 0 Å². The molecule has 0 bridgehead atoms. The standard InChI is InChI=1S/C12H18ClN3/c1-16(11-5-3-2-4-6-11)9-10-7-8-12(13)15-14-10/h7-8,11H,2-6,9H2,1H3. The van der Waals surface area contributed by atoms with Crippen LogP contribution >= 0.6 is 11.6 Å². The third-order valence-corrected chi connectivity index (χ3v) is 3.50. The molecule has 0 aliphatic heterocycles. The number of hydrogen-bond donors (Lipinski definition) is 0. The lowest BCUT2D eigenvalue weighted by Crippen LogP contribution is -2.33. The minimum absolute atomic E-state index is 0.462. The molecule has 1 aromatic heterocycles. The molecule has 16 heavy (non-hydrogen) atoms. The Morgan fingerprint density at radius 1 is 1.25 bits per heavy atom. The smallest absolute Gasteiger partial charge is 0.151 e. The Hall–Kier alpha value is -0.670. The van der Waals surface area contributed by atoms with Gasteiger partial charge in [0.25, 0.3) is 0 Å². The van der Waals surface area contributed by atoms with E-state index in [0.29, 0.717) is 11.2 Å². The van der Waals surface area contributed by atoms with Gasteiger partial charge in [-0.3, -0.25) is 4.90 Å². The topological polar surface area (TPSA) is 29.0 Å². The fourth-order valence-electron chi connectivity index (χ4n) is 2.33. The zero-order valence-electron chi connectivity index (χ0n) is 9.69. The van der Waals surface area contributed by atoms with Crippen molar-refractivity contribution in [1.82, 2.24) is 15.1 Å². The molecule has 1 heterocycles. The molecule has 1 aromatic rings. The van der Waals surface area contributed by atoms with Gasteiger partial charge in [-0.1, -0.05) is 30.9 Å². The van der Waals surface area contributed by atoms with Crippen molar-refractivity contribution in [2.75, 3.05) is 7.05 Å². The summed E-state index contributed by atoms with van der Waals surface area (Å²) in [6.45, 7) is 0.870. The largest absolute Gasteiger partial charge is 0.298 e. The van der Waals surface area contributed by atoms with E-state index in [1.807, 2.05) is 6.07 Å². The molecule has 1 saturated carbocycles. The van der Waals surface area contributed by atoms with Crippen LogP contribution in [-0.4, -0.2) is 28.2 Å². The van der Waals surface area contributed by atoms with E-state index >= 15 is 0 Å². The summed E-state index contributed by atoms with van der Waals surface area (Å²) in [6, 6.07) is 4.47. The Labute approximate surface area is 102 Å². The van der Waals surface area contributed by atoms with Gasteiger partial charge in [0.1, 0.15) is 0 Å². The highest BCUT2D eigenvalue weighted by molar-refractivity contribution is 6.29. The first kappa shape index (κ1) is 11.8. The first-order valence-electron chi connectivity index (χ1n) is 5.94. The van der Waals surface area contributed by atoms with Gasteiger partial charge in [-0.2, -0.15) is 5.10 Å². The van der Waals surface area contributed by atoms with Crippen LogP contribution in [0.25, 0.3) is 0 Å². The van der Waals surface area contributed by atoms with Crippen LogP contribution in [0.2, 0.25) is 5.15 Å². The van der Waals surface area contributed by atoms with Crippen LogP contribution in [0.5, 0.6) is 0 Å². The Kier molecular flexibility index (Phi) is 4.13. The monoisotopic (exact) mass is 239 g/mol. The van der Waals surface area contributed by atoms with Crippen molar-refractivity contribution in [2.24, 2.45) is 0 Å². The van der Waals surface area contributed by atoms with Crippen LogP contribution in [-0.2, 0) is 6.54 Å². The van der Waals surface area contributed by atoms with E-state index in [-0.39, 0.29) is 0 Å². The SMILES string of the molecule is CN(Cc1ccc(Cl)nn1)C1CCCCC1. The van der Waals surface area contributed by atoms with Crippen LogP contribution < -0.4 is 0 Å². The van der Waals surface area contributed by atoms with Gasteiger partial charge in [-0.05, 0) is 32.0 Å². The van der Waals surface area contributed by atoms with Crippen LogP contribution in [0.3, 0.4) is 0 Å². The van der Waals surface area contributed by atoms with Gasteiger partial charge < -0.3 is 0 Å². The van der Waals surface area contributed by atoms with E-state index in [0.717, 1.165) is 12.2 Å². The van der Waals surface area contributed by atoms with Crippen LogP contribution in [0, 0.1) is 0 Å². The quantitative estimate of drug-likeness (QED) is 0.812. The number of nitrogens with zero attached hydrogens (tertiary/aromatic N) is 3. The lowest BCUT2D eigenvalue weighted by Gasteiger charge is -2.30. The predicted molar refractivity (Wildman–Crippen MR) is 65.4 cm³/mol. The molecule has 0 aromatic carbocycles. The summed E-state index contributed by atoms with van der Waals surface area (Å²) in [7, 11) is 2.17. The van der Waals surface area contributed by atoms with E-state index < -0.39 is 0 Å². The molecule has 0 saturated heterocycles. The first-order chi connectivity index (χ1) is 7.75. The first-order valence-corrected chi connectivity index (χ1v) is 6.32. The minimum atomic E-state index is 0.462. The predicted octanol–water partition coefficient (Wildman–Crippen LogP) is 2.89. The Bertz CT molecular complexity index is 320. The summed E-state index contributed by atoms with van der Waals surface area (Å²) in [5.74, 6) is 0. The summed E-state index contributed by atoms with van der Waals surface area (Å²) in [4.78, 5) is 2.39. The number of hydrogen-bond acceptors (Lipinski definition) is 3. The molecular weight excluding hydrogens is 222 g/mol. The summed E-state index contributed by atoms with van der Waals surface area (Å²) < 4.78 is 0. The van der Waals surface area contributed by atoms with Gasteiger partial charge in [0.2, 0.25) is 0 Å². The third-order valence-electron chi connectivity index (χ3n) is 3.30. The maximum Gasteiger partial charge on any atom is 0.151 e. The summed E-state index contributed by atoms with van der Waals surface area (Å²) in [5, 5.41) is 8.42. The van der Waals surface area contributed by atoms with Crippen LogP contribution in [0.4, 0.5) is 0 Å². The molecule has 0 atom stereocenters. The van der Waals surface area contributed by atoms with Crippen molar-refractivity contribution in [2.45, 2.75) is 44.7 Å². The molecule has 0 radical (unpaired) electrons. The highest BCUT2D eigenvalue weighted by atomic mass is 35.5. The van der Waals surface area contributed by atoms with Crippen LogP contribution in [0.15, 0.2) is 12.1 Å². The minimum Gasteiger partial charge on any atom is -0.298 e. The average molecular weight is 240 g/mol. The molecule has 2 rings (SSSR count). The second-order valence-electron chi connectivity index (χ2n) is 4.55. The Morgan fingerprint density at radius 3 is 2.62 bits per heavy atom. The Balaban J connectivity index is 1.90. The van der Waals surface area contributed by atoms with Gasteiger partial charge in [-0.25, -0.2) is 0 Å². The van der Waals surface area contributed by atoms with Gasteiger partial charge in [0.15, 0.2) is 5.15 Å².